The molecule has 0 bridgehead atoms. The molecule has 0 aliphatic rings. The average molecular weight is 250 g/mol. The maximum absolute atomic E-state index is 11.2. The minimum absolute atomic E-state index is 0.128. The molecule has 0 N–H and O–H groups in total. The molecule has 0 saturated heterocycles. The Morgan fingerprint density at radius 2 is 1.94 bits per heavy atom. The van der Waals surface area contributed by atoms with Crippen LogP contribution in [0.25, 0.3) is 0 Å². The quantitative estimate of drug-likeness (QED) is 0.753. The number of aryl methyl sites for hydroxylation is 3. The van der Waals surface area contributed by atoms with Crippen molar-refractivity contribution in [3.8, 4) is 5.75 Å². The van der Waals surface area contributed by atoms with Crippen molar-refractivity contribution < 1.29 is 14.3 Å². The summed E-state index contributed by atoms with van der Waals surface area (Å²) in [4.78, 5) is 11.2. The number of methoxy groups -OCH3 is 1. The third-order valence-corrected chi connectivity index (χ3v) is 2.68. The number of hydrogen-bond donors (Lipinski definition) is 0. The third kappa shape index (κ3) is 4.06. The van der Waals surface area contributed by atoms with E-state index in [0.717, 1.165) is 16.9 Å². The minimum Gasteiger partial charge on any atom is -0.490 e. The third-order valence-electron chi connectivity index (χ3n) is 2.68. The van der Waals surface area contributed by atoms with Crippen molar-refractivity contribution in [3.05, 3.63) is 28.8 Å². The van der Waals surface area contributed by atoms with Crippen LogP contribution in [-0.2, 0) is 16.0 Å². The monoisotopic (exact) mass is 250 g/mol. The van der Waals surface area contributed by atoms with Gasteiger partial charge in [-0.1, -0.05) is 17.7 Å². The predicted molar refractivity (Wildman–Crippen MR) is 72.0 cm³/mol. The number of benzene rings is 1. The standard InChI is InChI=1S/C15H22O3/c1-10(2)18-15-12(4)8-11(3)9-13(15)6-7-14(16)17-5/h8-10H,6-7H2,1-5H3. The van der Waals surface area contributed by atoms with E-state index < -0.39 is 0 Å². The first-order chi connectivity index (χ1) is 8.43. The molecule has 0 aliphatic carbocycles. The molecule has 3 heteroatoms. The molecule has 0 atom stereocenters. The summed E-state index contributed by atoms with van der Waals surface area (Å²) in [6.07, 6.45) is 1.16. The number of carbonyl (C=O) groups is 1. The lowest BCUT2D eigenvalue weighted by molar-refractivity contribution is -0.140. The molecule has 0 heterocycles. The number of carbonyl (C=O) groups excluding carboxylic acids is 1. The van der Waals surface area contributed by atoms with Gasteiger partial charge in [0.1, 0.15) is 5.75 Å². The van der Waals surface area contributed by atoms with E-state index in [4.69, 9.17) is 4.74 Å². The van der Waals surface area contributed by atoms with Crippen LogP contribution in [0.1, 0.15) is 37.0 Å². The van der Waals surface area contributed by atoms with Gasteiger partial charge in [-0.15, -0.1) is 0 Å². The van der Waals surface area contributed by atoms with Gasteiger partial charge in [0.25, 0.3) is 0 Å². The highest BCUT2D eigenvalue weighted by molar-refractivity contribution is 5.69. The Kier molecular flexibility index (Phi) is 5.20. The van der Waals surface area contributed by atoms with Gasteiger partial charge in [0.05, 0.1) is 13.2 Å². The molecule has 0 amide bonds. The van der Waals surface area contributed by atoms with Crippen molar-refractivity contribution in [3.63, 3.8) is 0 Å². The molecule has 1 aromatic rings. The Bertz CT molecular complexity index is 422. The normalized spacial score (nSPS) is 10.6. The molecule has 0 fully saturated rings. The van der Waals surface area contributed by atoms with Gasteiger partial charge < -0.3 is 9.47 Å². The molecular weight excluding hydrogens is 228 g/mol. The smallest absolute Gasteiger partial charge is 0.305 e. The summed E-state index contributed by atoms with van der Waals surface area (Å²) in [5, 5.41) is 0. The lowest BCUT2D eigenvalue weighted by Gasteiger charge is -2.17. The predicted octanol–water partition coefficient (Wildman–Crippen LogP) is 3.20. The summed E-state index contributed by atoms with van der Waals surface area (Å²) in [6.45, 7) is 8.09. The molecule has 0 aliphatic heterocycles. The van der Waals surface area contributed by atoms with Crippen molar-refractivity contribution in [2.24, 2.45) is 0 Å². The highest BCUT2D eigenvalue weighted by Gasteiger charge is 2.12. The summed E-state index contributed by atoms with van der Waals surface area (Å²) in [7, 11) is 1.41. The van der Waals surface area contributed by atoms with Crippen LogP contribution in [0.15, 0.2) is 12.1 Å². The highest BCUT2D eigenvalue weighted by atomic mass is 16.5. The molecule has 0 unspecified atom stereocenters. The zero-order valence-electron chi connectivity index (χ0n) is 11.9. The maximum atomic E-state index is 11.2. The second-order valence-corrected chi connectivity index (χ2v) is 4.81. The van der Waals surface area contributed by atoms with Crippen molar-refractivity contribution in [2.75, 3.05) is 7.11 Å². The van der Waals surface area contributed by atoms with Crippen LogP contribution in [0.5, 0.6) is 5.75 Å². The van der Waals surface area contributed by atoms with Gasteiger partial charge in [-0.2, -0.15) is 0 Å². The van der Waals surface area contributed by atoms with Gasteiger partial charge >= 0.3 is 5.97 Å². The molecule has 0 aromatic heterocycles. The van der Waals surface area contributed by atoms with Gasteiger partial charge in [0.15, 0.2) is 0 Å². The van der Waals surface area contributed by atoms with Crippen LogP contribution >= 0.6 is 0 Å². The maximum Gasteiger partial charge on any atom is 0.305 e. The first-order valence-corrected chi connectivity index (χ1v) is 6.27. The highest BCUT2D eigenvalue weighted by Crippen LogP contribution is 2.27. The Morgan fingerprint density at radius 1 is 1.28 bits per heavy atom. The minimum atomic E-state index is -0.190. The first-order valence-electron chi connectivity index (χ1n) is 6.27. The van der Waals surface area contributed by atoms with Crippen molar-refractivity contribution >= 4 is 5.97 Å². The van der Waals surface area contributed by atoms with Gasteiger partial charge in [-0.25, -0.2) is 0 Å². The van der Waals surface area contributed by atoms with E-state index in [1.165, 1.54) is 12.7 Å². The van der Waals surface area contributed by atoms with E-state index in [9.17, 15) is 4.79 Å². The van der Waals surface area contributed by atoms with Gasteiger partial charge in [0, 0.05) is 6.42 Å². The van der Waals surface area contributed by atoms with Gasteiger partial charge in [-0.3, -0.25) is 4.79 Å². The zero-order valence-corrected chi connectivity index (χ0v) is 11.9. The lowest BCUT2D eigenvalue weighted by Crippen LogP contribution is -2.10. The van der Waals surface area contributed by atoms with E-state index >= 15 is 0 Å². The van der Waals surface area contributed by atoms with Crippen LogP contribution in [-0.4, -0.2) is 19.2 Å². The van der Waals surface area contributed by atoms with Crippen LogP contribution in [0.2, 0.25) is 0 Å². The molecule has 0 radical (unpaired) electrons. The Labute approximate surface area is 109 Å². The van der Waals surface area contributed by atoms with Crippen LogP contribution < -0.4 is 4.74 Å². The molecule has 100 valence electrons. The Hall–Kier alpha value is -1.51. The Morgan fingerprint density at radius 3 is 2.50 bits per heavy atom. The fourth-order valence-corrected chi connectivity index (χ4v) is 1.97. The number of rotatable bonds is 5. The average Bonchev–Trinajstić information content (AvgIpc) is 2.29. The second-order valence-electron chi connectivity index (χ2n) is 4.81. The zero-order chi connectivity index (χ0) is 13.7. The SMILES string of the molecule is COC(=O)CCc1cc(C)cc(C)c1OC(C)C. The lowest BCUT2D eigenvalue weighted by atomic mass is 10.0. The van der Waals surface area contributed by atoms with Crippen LogP contribution in [0.3, 0.4) is 0 Å². The summed E-state index contributed by atoms with van der Waals surface area (Å²) in [5.74, 6) is 0.712. The molecule has 1 aromatic carbocycles. The number of esters is 1. The molecule has 3 nitrogen and oxygen atoms in total. The van der Waals surface area contributed by atoms with E-state index in [-0.39, 0.29) is 12.1 Å². The van der Waals surface area contributed by atoms with Gasteiger partial charge in [0.2, 0.25) is 0 Å². The molecular formula is C15H22O3. The van der Waals surface area contributed by atoms with E-state index in [1.807, 2.05) is 27.7 Å². The number of hydrogen-bond acceptors (Lipinski definition) is 3. The van der Waals surface area contributed by atoms with Crippen molar-refractivity contribution in [2.45, 2.75) is 46.6 Å². The first kappa shape index (κ1) is 14.6. The fraction of sp³-hybridized carbons (Fsp3) is 0.533. The molecule has 18 heavy (non-hydrogen) atoms. The fourth-order valence-electron chi connectivity index (χ4n) is 1.97. The molecule has 0 spiro atoms. The molecule has 0 saturated carbocycles. The van der Waals surface area contributed by atoms with E-state index in [1.54, 1.807) is 0 Å². The van der Waals surface area contributed by atoms with E-state index in [0.29, 0.717) is 12.8 Å². The van der Waals surface area contributed by atoms with Crippen molar-refractivity contribution in [1.82, 2.24) is 0 Å². The number of ether oxygens (including phenoxy) is 2. The van der Waals surface area contributed by atoms with E-state index in [2.05, 4.69) is 16.9 Å². The summed E-state index contributed by atoms with van der Waals surface area (Å²) in [6, 6.07) is 4.17. The topological polar surface area (TPSA) is 35.5 Å². The van der Waals surface area contributed by atoms with Gasteiger partial charge in [-0.05, 0) is 45.2 Å². The van der Waals surface area contributed by atoms with Crippen LogP contribution in [0.4, 0.5) is 0 Å². The largest absolute Gasteiger partial charge is 0.490 e. The second kappa shape index (κ2) is 6.43. The molecule has 1 rings (SSSR count). The summed E-state index contributed by atoms with van der Waals surface area (Å²) < 4.78 is 10.5. The van der Waals surface area contributed by atoms with Crippen molar-refractivity contribution in [1.29, 1.82) is 0 Å². The summed E-state index contributed by atoms with van der Waals surface area (Å²) in [5.41, 5.74) is 3.37. The summed E-state index contributed by atoms with van der Waals surface area (Å²) >= 11 is 0. The van der Waals surface area contributed by atoms with Crippen LogP contribution in [0, 0.1) is 13.8 Å². The Balaban J connectivity index is 2.95.